The number of piperazine rings is 1. The standard InChI is InChI=1S/C24H18BrN3O3/c25-16-8-3-7-15(11-16)22(29)26-13-17-12-20(26)21-23(30)28(24(31)27(17)21)19-10-4-6-14-5-1-2-9-18(14)19/h1-11,17,20-21H,12-13H2/t17-,20?,21+/m1/s1. The maximum Gasteiger partial charge on any atom is 0.332 e. The van der Waals surface area contributed by atoms with E-state index < -0.39 is 6.04 Å². The summed E-state index contributed by atoms with van der Waals surface area (Å²) in [4.78, 5) is 44.8. The minimum atomic E-state index is -0.624. The van der Waals surface area contributed by atoms with Crippen molar-refractivity contribution in [2.24, 2.45) is 0 Å². The summed E-state index contributed by atoms with van der Waals surface area (Å²) in [7, 11) is 0. The average molecular weight is 476 g/mol. The SMILES string of the molecule is O=C1[C@@H]2C3C[C@H](CN3C(=O)c3cccc(Br)c3)N2C(=O)N1c1cccc2ccccc12. The van der Waals surface area contributed by atoms with Crippen LogP contribution in [0, 0.1) is 0 Å². The van der Waals surface area contributed by atoms with Crippen LogP contribution in [0.4, 0.5) is 10.5 Å². The van der Waals surface area contributed by atoms with Crippen molar-refractivity contribution in [3.05, 3.63) is 76.8 Å². The molecule has 3 aliphatic rings. The highest BCUT2D eigenvalue weighted by atomic mass is 79.9. The van der Waals surface area contributed by atoms with Gasteiger partial charge < -0.3 is 9.80 Å². The number of amides is 4. The second kappa shape index (κ2) is 6.65. The van der Waals surface area contributed by atoms with E-state index >= 15 is 0 Å². The first-order chi connectivity index (χ1) is 15.0. The number of hydrogen-bond acceptors (Lipinski definition) is 3. The Balaban J connectivity index is 1.36. The van der Waals surface area contributed by atoms with Gasteiger partial charge in [0.15, 0.2) is 0 Å². The van der Waals surface area contributed by atoms with E-state index in [1.165, 1.54) is 4.90 Å². The maximum absolute atomic E-state index is 13.5. The van der Waals surface area contributed by atoms with E-state index in [1.54, 1.807) is 21.9 Å². The highest BCUT2D eigenvalue weighted by Gasteiger charge is 2.63. The maximum atomic E-state index is 13.5. The summed E-state index contributed by atoms with van der Waals surface area (Å²) < 4.78 is 0.832. The molecule has 3 atom stereocenters. The third kappa shape index (κ3) is 2.59. The molecule has 0 radical (unpaired) electrons. The topological polar surface area (TPSA) is 60.9 Å². The van der Waals surface area contributed by atoms with Crippen molar-refractivity contribution >= 4 is 50.2 Å². The monoisotopic (exact) mass is 475 g/mol. The van der Waals surface area contributed by atoms with Crippen LogP contribution < -0.4 is 4.90 Å². The van der Waals surface area contributed by atoms with Crippen LogP contribution in [0.1, 0.15) is 16.8 Å². The van der Waals surface area contributed by atoms with Gasteiger partial charge in [-0.2, -0.15) is 0 Å². The van der Waals surface area contributed by atoms with Crippen LogP contribution in [0.5, 0.6) is 0 Å². The van der Waals surface area contributed by atoms with Crippen LogP contribution in [0.2, 0.25) is 0 Å². The van der Waals surface area contributed by atoms with Gasteiger partial charge >= 0.3 is 6.03 Å². The largest absolute Gasteiger partial charge is 0.332 e. The number of halogens is 1. The van der Waals surface area contributed by atoms with Crippen LogP contribution in [0.3, 0.4) is 0 Å². The molecule has 3 heterocycles. The van der Waals surface area contributed by atoms with Crippen molar-refractivity contribution in [2.45, 2.75) is 24.5 Å². The number of urea groups is 1. The molecule has 3 aromatic rings. The van der Waals surface area contributed by atoms with Crippen LogP contribution in [0.15, 0.2) is 71.2 Å². The normalized spacial score (nSPS) is 24.4. The predicted molar refractivity (Wildman–Crippen MR) is 120 cm³/mol. The zero-order valence-corrected chi connectivity index (χ0v) is 18.0. The summed E-state index contributed by atoms with van der Waals surface area (Å²) in [6.45, 7) is 0.453. The van der Waals surface area contributed by atoms with Gasteiger partial charge in [-0.25, -0.2) is 9.69 Å². The fraction of sp³-hybridized carbons (Fsp3) is 0.208. The Morgan fingerprint density at radius 1 is 0.968 bits per heavy atom. The molecular formula is C24H18BrN3O3. The Kier molecular flexibility index (Phi) is 3.99. The summed E-state index contributed by atoms with van der Waals surface area (Å²) in [6, 6.07) is 19.3. The molecule has 3 aromatic carbocycles. The molecule has 7 heteroatoms. The first-order valence-corrected chi connectivity index (χ1v) is 11.0. The Labute approximate surface area is 187 Å². The number of carbonyl (C=O) groups is 3. The van der Waals surface area contributed by atoms with Crippen LogP contribution in [0.25, 0.3) is 10.8 Å². The van der Waals surface area contributed by atoms with E-state index in [4.69, 9.17) is 0 Å². The third-order valence-corrected chi connectivity index (χ3v) is 7.10. The number of imide groups is 1. The number of benzene rings is 3. The Morgan fingerprint density at radius 2 is 1.74 bits per heavy atom. The minimum absolute atomic E-state index is 0.0997. The molecule has 0 spiro atoms. The second-order valence-corrected chi connectivity index (χ2v) is 9.15. The van der Waals surface area contributed by atoms with Gasteiger partial charge in [0.1, 0.15) is 6.04 Å². The Bertz CT molecular complexity index is 1270. The van der Waals surface area contributed by atoms with Crippen LogP contribution >= 0.6 is 15.9 Å². The lowest BCUT2D eigenvalue weighted by atomic mass is 10.1. The first-order valence-electron chi connectivity index (χ1n) is 10.2. The van der Waals surface area contributed by atoms with Gasteiger partial charge in [0, 0.05) is 22.0 Å². The van der Waals surface area contributed by atoms with E-state index in [9.17, 15) is 14.4 Å². The number of likely N-dealkylation sites (tertiary alicyclic amines) is 1. The highest BCUT2D eigenvalue weighted by molar-refractivity contribution is 9.10. The summed E-state index contributed by atoms with van der Waals surface area (Å²) in [6.07, 6.45) is 0.644. The quantitative estimate of drug-likeness (QED) is 0.525. The molecule has 3 fully saturated rings. The fourth-order valence-electron chi connectivity index (χ4n) is 5.30. The van der Waals surface area contributed by atoms with Crippen molar-refractivity contribution in [3.8, 4) is 0 Å². The Hall–Kier alpha value is -3.19. The van der Waals surface area contributed by atoms with Crippen LogP contribution in [-0.2, 0) is 4.79 Å². The number of nitrogens with zero attached hydrogens (tertiary/aromatic N) is 3. The van der Waals surface area contributed by atoms with Crippen molar-refractivity contribution in [3.63, 3.8) is 0 Å². The molecule has 2 bridgehead atoms. The predicted octanol–water partition coefficient (Wildman–Crippen LogP) is 4.04. The van der Waals surface area contributed by atoms with Gasteiger partial charge in [-0.1, -0.05) is 58.4 Å². The molecule has 6 rings (SSSR count). The first kappa shape index (κ1) is 18.6. The van der Waals surface area contributed by atoms with Gasteiger partial charge in [-0.3, -0.25) is 9.59 Å². The van der Waals surface area contributed by atoms with E-state index in [-0.39, 0.29) is 29.9 Å². The van der Waals surface area contributed by atoms with E-state index in [1.807, 2.05) is 54.6 Å². The number of anilines is 1. The van der Waals surface area contributed by atoms with E-state index in [2.05, 4.69) is 15.9 Å². The molecule has 0 aromatic heterocycles. The smallest absolute Gasteiger partial charge is 0.331 e. The summed E-state index contributed by atoms with van der Waals surface area (Å²) >= 11 is 3.41. The van der Waals surface area contributed by atoms with Crippen molar-refractivity contribution in [1.82, 2.24) is 9.80 Å². The molecular weight excluding hydrogens is 458 g/mol. The third-order valence-electron chi connectivity index (χ3n) is 6.60. The van der Waals surface area contributed by atoms with E-state index in [0.29, 0.717) is 24.2 Å². The lowest BCUT2D eigenvalue weighted by Crippen LogP contribution is -2.54. The minimum Gasteiger partial charge on any atom is -0.331 e. The lowest BCUT2D eigenvalue weighted by molar-refractivity contribution is -0.121. The molecule has 0 saturated carbocycles. The number of hydrogen-bond donors (Lipinski definition) is 0. The number of rotatable bonds is 2. The van der Waals surface area contributed by atoms with Gasteiger partial charge in [-0.05, 0) is 36.1 Å². The molecule has 3 saturated heterocycles. The molecule has 31 heavy (non-hydrogen) atoms. The molecule has 1 unspecified atom stereocenters. The van der Waals surface area contributed by atoms with E-state index in [0.717, 1.165) is 15.2 Å². The molecule has 3 aliphatic heterocycles. The van der Waals surface area contributed by atoms with Gasteiger partial charge in [-0.15, -0.1) is 0 Å². The average Bonchev–Trinajstić information content (AvgIpc) is 3.44. The number of carbonyl (C=O) groups excluding carboxylic acids is 3. The Morgan fingerprint density at radius 3 is 2.58 bits per heavy atom. The lowest BCUT2D eigenvalue weighted by Gasteiger charge is -2.35. The summed E-state index contributed by atoms with van der Waals surface area (Å²) in [5, 5.41) is 1.84. The highest BCUT2D eigenvalue weighted by Crippen LogP contribution is 2.43. The molecule has 0 aliphatic carbocycles. The van der Waals surface area contributed by atoms with Gasteiger partial charge in [0.25, 0.3) is 11.8 Å². The zero-order chi connectivity index (χ0) is 21.3. The molecule has 6 nitrogen and oxygen atoms in total. The van der Waals surface area contributed by atoms with Crippen molar-refractivity contribution in [2.75, 3.05) is 11.4 Å². The second-order valence-electron chi connectivity index (χ2n) is 8.23. The van der Waals surface area contributed by atoms with Crippen molar-refractivity contribution < 1.29 is 14.4 Å². The fourth-order valence-corrected chi connectivity index (χ4v) is 5.70. The summed E-state index contributed by atoms with van der Waals surface area (Å²) in [5.74, 6) is -0.349. The molecule has 0 N–H and O–H groups in total. The number of fused-ring (bicyclic) bond motifs is 6. The van der Waals surface area contributed by atoms with Crippen LogP contribution in [-0.4, -0.2) is 52.3 Å². The van der Waals surface area contributed by atoms with Crippen molar-refractivity contribution in [1.29, 1.82) is 0 Å². The molecule has 154 valence electrons. The van der Waals surface area contributed by atoms with Gasteiger partial charge in [0.05, 0.1) is 17.8 Å². The summed E-state index contributed by atoms with van der Waals surface area (Å²) in [5.41, 5.74) is 1.18. The molecule has 4 amide bonds. The zero-order valence-electron chi connectivity index (χ0n) is 16.4. The van der Waals surface area contributed by atoms with Gasteiger partial charge in [0.2, 0.25) is 0 Å².